The van der Waals surface area contributed by atoms with Crippen LogP contribution in [0.3, 0.4) is 0 Å². The number of pyridine rings is 1. The summed E-state index contributed by atoms with van der Waals surface area (Å²) in [4.78, 5) is 16.1. The summed E-state index contributed by atoms with van der Waals surface area (Å²) < 4.78 is 7.94. The van der Waals surface area contributed by atoms with Crippen LogP contribution in [-0.4, -0.2) is 24.8 Å². The molecule has 7 nitrogen and oxygen atoms in total. The van der Waals surface area contributed by atoms with E-state index in [1.807, 2.05) is 6.07 Å². The molecular weight excluding hydrogens is 306 g/mol. The number of aryl methyl sites for hydroxylation is 1. The minimum atomic E-state index is -0.360. The maximum absolute atomic E-state index is 12.0. The van der Waals surface area contributed by atoms with Gasteiger partial charge in [-0.3, -0.25) is 0 Å². The number of aromatic nitrogens is 5. The van der Waals surface area contributed by atoms with Gasteiger partial charge in [0.15, 0.2) is 0 Å². The highest BCUT2D eigenvalue weighted by atomic mass is 35.5. The molecule has 0 N–H and O–H groups in total. The van der Waals surface area contributed by atoms with Crippen molar-refractivity contribution in [3.8, 4) is 11.6 Å². The molecule has 0 bridgehead atoms. The number of ether oxygens (including phenoxy) is 1. The average molecular weight is 318 g/mol. The molecule has 112 valence electrons. The van der Waals surface area contributed by atoms with Crippen molar-refractivity contribution in [3.63, 3.8) is 0 Å². The molecule has 0 saturated carbocycles. The minimum absolute atomic E-state index is 0.162. The molecule has 1 aromatic carbocycles. The Kier molecular flexibility index (Phi) is 3.88. The molecule has 3 aromatic rings. The lowest BCUT2D eigenvalue weighted by molar-refractivity contribution is 0.293. The first kappa shape index (κ1) is 14.3. The van der Waals surface area contributed by atoms with E-state index in [1.165, 1.54) is 11.7 Å². The third kappa shape index (κ3) is 2.71. The second kappa shape index (κ2) is 5.98. The fourth-order valence-electron chi connectivity index (χ4n) is 1.93. The highest BCUT2D eigenvalue weighted by Gasteiger charge is 2.14. The third-order valence-corrected chi connectivity index (χ3v) is 3.40. The molecule has 0 atom stereocenters. The first-order valence-electron chi connectivity index (χ1n) is 6.47. The fraction of sp³-hybridized carbons (Fsp3) is 0.143. The van der Waals surface area contributed by atoms with E-state index in [4.69, 9.17) is 16.3 Å². The van der Waals surface area contributed by atoms with Gasteiger partial charge in [-0.25, -0.2) is 9.78 Å². The Hall–Kier alpha value is -2.67. The van der Waals surface area contributed by atoms with Gasteiger partial charge in [-0.2, -0.15) is 9.36 Å². The Morgan fingerprint density at radius 3 is 2.73 bits per heavy atom. The summed E-state index contributed by atoms with van der Waals surface area (Å²) in [6.07, 6.45) is 1.63. The van der Waals surface area contributed by atoms with Crippen molar-refractivity contribution in [1.82, 2.24) is 24.8 Å². The van der Waals surface area contributed by atoms with E-state index in [2.05, 4.69) is 15.4 Å². The second-order valence-corrected chi connectivity index (χ2v) is 4.90. The number of benzene rings is 1. The van der Waals surface area contributed by atoms with Crippen molar-refractivity contribution in [1.29, 1.82) is 0 Å². The monoisotopic (exact) mass is 317 g/mol. The SMILES string of the molecule is Cn1nnn(-c2cccc(Cl)c2COc2ccccn2)c1=O. The van der Waals surface area contributed by atoms with Gasteiger partial charge in [0.25, 0.3) is 0 Å². The minimum Gasteiger partial charge on any atom is -0.473 e. The molecule has 0 aliphatic rings. The molecule has 0 saturated heterocycles. The number of nitrogens with zero attached hydrogens (tertiary/aromatic N) is 5. The van der Waals surface area contributed by atoms with Crippen LogP contribution in [0.5, 0.6) is 5.88 Å². The van der Waals surface area contributed by atoms with Crippen LogP contribution in [0.25, 0.3) is 5.69 Å². The van der Waals surface area contributed by atoms with E-state index in [0.717, 1.165) is 4.68 Å². The molecular formula is C14H12ClN5O2. The number of hydrogen-bond donors (Lipinski definition) is 0. The molecule has 0 spiro atoms. The summed E-state index contributed by atoms with van der Waals surface area (Å²) in [6.45, 7) is 0.162. The van der Waals surface area contributed by atoms with Gasteiger partial charge >= 0.3 is 5.69 Å². The largest absolute Gasteiger partial charge is 0.473 e. The maximum atomic E-state index is 12.0. The van der Waals surface area contributed by atoms with Crippen molar-refractivity contribution >= 4 is 11.6 Å². The topological polar surface area (TPSA) is 74.8 Å². The Morgan fingerprint density at radius 1 is 1.18 bits per heavy atom. The van der Waals surface area contributed by atoms with Gasteiger partial charge in [0.05, 0.1) is 5.69 Å². The van der Waals surface area contributed by atoms with Gasteiger partial charge in [-0.05, 0) is 28.6 Å². The van der Waals surface area contributed by atoms with E-state index in [1.54, 1.807) is 36.5 Å². The fourth-order valence-corrected chi connectivity index (χ4v) is 2.16. The first-order valence-corrected chi connectivity index (χ1v) is 6.85. The molecule has 3 rings (SSSR count). The summed E-state index contributed by atoms with van der Waals surface area (Å²) in [6, 6.07) is 10.6. The normalized spacial score (nSPS) is 10.6. The van der Waals surface area contributed by atoms with Gasteiger partial charge in [0.2, 0.25) is 5.88 Å². The third-order valence-electron chi connectivity index (χ3n) is 3.05. The van der Waals surface area contributed by atoms with E-state index >= 15 is 0 Å². The van der Waals surface area contributed by atoms with Crippen LogP contribution in [0.1, 0.15) is 5.56 Å². The molecule has 0 amide bonds. The van der Waals surface area contributed by atoms with Crippen molar-refractivity contribution < 1.29 is 4.74 Å². The zero-order valence-corrected chi connectivity index (χ0v) is 12.4. The predicted octanol–water partition coefficient (Wildman–Crippen LogP) is 1.59. The summed E-state index contributed by atoms with van der Waals surface area (Å²) in [5.41, 5.74) is 0.806. The molecule has 22 heavy (non-hydrogen) atoms. The molecule has 0 aliphatic heterocycles. The number of tetrazole rings is 1. The molecule has 0 unspecified atom stereocenters. The standard InChI is InChI=1S/C14H12ClN5O2/c1-19-14(21)20(18-17-19)12-6-4-5-11(15)10(12)9-22-13-7-2-3-8-16-13/h2-8H,9H2,1H3. The number of hydrogen-bond acceptors (Lipinski definition) is 5. The predicted molar refractivity (Wildman–Crippen MR) is 80.2 cm³/mol. The van der Waals surface area contributed by atoms with Crippen molar-refractivity contribution in [2.45, 2.75) is 6.61 Å². The van der Waals surface area contributed by atoms with E-state index in [-0.39, 0.29) is 12.3 Å². The van der Waals surface area contributed by atoms with Crippen LogP contribution in [0.2, 0.25) is 5.02 Å². The Morgan fingerprint density at radius 2 is 2.05 bits per heavy atom. The van der Waals surface area contributed by atoms with Gasteiger partial charge in [0.1, 0.15) is 6.61 Å². The molecule has 0 aliphatic carbocycles. The average Bonchev–Trinajstić information content (AvgIpc) is 2.86. The van der Waals surface area contributed by atoms with Crippen molar-refractivity contribution in [2.75, 3.05) is 0 Å². The number of halogens is 1. The summed E-state index contributed by atoms with van der Waals surface area (Å²) in [7, 11) is 1.53. The maximum Gasteiger partial charge on any atom is 0.368 e. The van der Waals surface area contributed by atoms with Crippen LogP contribution in [0.15, 0.2) is 47.4 Å². The lowest BCUT2D eigenvalue weighted by Gasteiger charge is -2.11. The lowest BCUT2D eigenvalue weighted by Crippen LogP contribution is -2.23. The molecule has 0 radical (unpaired) electrons. The molecule has 8 heteroatoms. The van der Waals surface area contributed by atoms with Crippen molar-refractivity contribution in [2.24, 2.45) is 7.05 Å². The van der Waals surface area contributed by atoms with E-state index < -0.39 is 0 Å². The van der Waals surface area contributed by atoms with Crippen LogP contribution in [0.4, 0.5) is 0 Å². The van der Waals surface area contributed by atoms with Crippen LogP contribution in [0, 0.1) is 0 Å². The first-order chi connectivity index (χ1) is 10.7. The van der Waals surface area contributed by atoms with Crippen molar-refractivity contribution in [3.05, 3.63) is 63.7 Å². The van der Waals surface area contributed by atoms with Crippen LogP contribution < -0.4 is 10.4 Å². The Balaban J connectivity index is 1.97. The van der Waals surface area contributed by atoms with Gasteiger partial charge in [0, 0.05) is 29.9 Å². The zero-order chi connectivity index (χ0) is 15.5. The molecule has 0 fully saturated rings. The smallest absolute Gasteiger partial charge is 0.368 e. The molecule has 2 aromatic heterocycles. The zero-order valence-electron chi connectivity index (χ0n) is 11.7. The summed E-state index contributed by atoms with van der Waals surface area (Å²) in [5.74, 6) is 0.472. The second-order valence-electron chi connectivity index (χ2n) is 4.49. The van der Waals surface area contributed by atoms with E-state index in [9.17, 15) is 4.79 Å². The quantitative estimate of drug-likeness (QED) is 0.730. The molecule has 2 heterocycles. The van der Waals surface area contributed by atoms with E-state index in [0.29, 0.717) is 22.2 Å². The van der Waals surface area contributed by atoms with Gasteiger partial charge in [-0.15, -0.1) is 0 Å². The van der Waals surface area contributed by atoms with Gasteiger partial charge in [-0.1, -0.05) is 23.7 Å². The summed E-state index contributed by atoms with van der Waals surface area (Å²) in [5, 5.41) is 8.01. The van der Waals surface area contributed by atoms with Crippen LogP contribution in [-0.2, 0) is 13.7 Å². The number of rotatable bonds is 4. The Labute approximate surface area is 130 Å². The highest BCUT2D eigenvalue weighted by molar-refractivity contribution is 6.31. The summed E-state index contributed by atoms with van der Waals surface area (Å²) >= 11 is 6.23. The van der Waals surface area contributed by atoms with Crippen LogP contribution >= 0.6 is 11.6 Å². The Bertz CT molecular complexity index is 844. The van der Waals surface area contributed by atoms with Gasteiger partial charge < -0.3 is 4.74 Å². The highest BCUT2D eigenvalue weighted by Crippen LogP contribution is 2.23. The lowest BCUT2D eigenvalue weighted by atomic mass is 10.2.